The fourth-order valence-corrected chi connectivity index (χ4v) is 9.22. The number of ether oxygens (including phenoxy) is 3. The van der Waals surface area contributed by atoms with E-state index < -0.39 is 35.7 Å². The van der Waals surface area contributed by atoms with Crippen molar-refractivity contribution in [1.82, 2.24) is 4.90 Å². The van der Waals surface area contributed by atoms with E-state index in [1.54, 1.807) is 17.1 Å². The second kappa shape index (κ2) is 9.58. The number of amides is 1. The van der Waals surface area contributed by atoms with E-state index in [9.17, 15) is 19.5 Å². The molecule has 0 spiro atoms. The molecule has 3 N–H and O–H groups in total. The maximum atomic E-state index is 14.2. The van der Waals surface area contributed by atoms with E-state index in [2.05, 4.69) is 20.8 Å². The highest BCUT2D eigenvalue weighted by Crippen LogP contribution is 2.69. The van der Waals surface area contributed by atoms with Crippen molar-refractivity contribution in [3.8, 4) is 0 Å². The minimum Gasteiger partial charge on any atom is -0.393 e. The zero-order valence-corrected chi connectivity index (χ0v) is 23.3. The molecular weight excluding hydrogens is 500 g/mol. The summed E-state index contributed by atoms with van der Waals surface area (Å²) in [6.07, 6.45) is 8.36. The van der Waals surface area contributed by atoms with Crippen LogP contribution in [-0.2, 0) is 28.6 Å². The molecule has 0 bridgehead atoms. The van der Waals surface area contributed by atoms with E-state index in [-0.39, 0.29) is 53.8 Å². The number of nitrogens with two attached hydrogens (primary N) is 1. The van der Waals surface area contributed by atoms with Crippen molar-refractivity contribution in [1.29, 1.82) is 0 Å². The van der Waals surface area contributed by atoms with Gasteiger partial charge >= 0.3 is 0 Å². The standard InChI is InChI=1S/C30H42N2O7/c1-4-5-26-38-23-13-20-19-7-6-17-12-18(33)8-10-28(17,2)27(19)21(34)14-29(20,3)30(23,39-26)22(35)16-37-25-9-11-32(25)24(36)15-31/h8,10,12,19-21,23,25-27,34H,4-7,9,11,13-16,31H2,1-3H3/t19-,20?,21-,23+,25?,26?,27?,28-,29-,30+/m0/s1. The Hall–Kier alpha value is -1.91. The van der Waals surface area contributed by atoms with Crippen LogP contribution in [0.5, 0.6) is 0 Å². The summed E-state index contributed by atoms with van der Waals surface area (Å²) in [6.45, 7) is 6.62. The number of ketones is 2. The quantitative estimate of drug-likeness (QED) is 0.501. The van der Waals surface area contributed by atoms with Crippen LogP contribution < -0.4 is 5.73 Å². The molecule has 39 heavy (non-hydrogen) atoms. The van der Waals surface area contributed by atoms with Crippen LogP contribution in [-0.4, -0.2) is 77.5 Å². The lowest BCUT2D eigenvalue weighted by Crippen LogP contribution is -2.64. The molecule has 1 amide bonds. The van der Waals surface area contributed by atoms with Gasteiger partial charge in [0.15, 0.2) is 23.5 Å². The van der Waals surface area contributed by atoms with Gasteiger partial charge in [0, 0.05) is 29.7 Å². The summed E-state index contributed by atoms with van der Waals surface area (Å²) in [6, 6.07) is 0. The number of carbonyl (C=O) groups is 3. The first-order valence-electron chi connectivity index (χ1n) is 14.7. The molecule has 9 heteroatoms. The van der Waals surface area contributed by atoms with E-state index >= 15 is 0 Å². The van der Waals surface area contributed by atoms with Crippen LogP contribution in [0.3, 0.4) is 0 Å². The monoisotopic (exact) mass is 542 g/mol. The van der Waals surface area contributed by atoms with Gasteiger partial charge in [0.1, 0.15) is 12.8 Å². The lowest BCUT2D eigenvalue weighted by molar-refractivity contribution is -0.206. The van der Waals surface area contributed by atoms with E-state index in [1.807, 2.05) is 6.08 Å². The zero-order valence-electron chi connectivity index (χ0n) is 23.3. The number of fused-ring (bicyclic) bond motifs is 7. The third kappa shape index (κ3) is 3.80. The molecule has 4 aliphatic carbocycles. The van der Waals surface area contributed by atoms with Crippen molar-refractivity contribution in [2.75, 3.05) is 19.7 Å². The maximum Gasteiger partial charge on any atom is 0.238 e. The van der Waals surface area contributed by atoms with Crippen LogP contribution in [0.15, 0.2) is 23.8 Å². The van der Waals surface area contributed by atoms with Crippen molar-refractivity contribution >= 4 is 17.5 Å². The molecule has 214 valence electrons. The molecule has 0 aromatic heterocycles. The highest BCUT2D eigenvalue weighted by Gasteiger charge is 2.75. The van der Waals surface area contributed by atoms with Crippen molar-refractivity contribution in [3.05, 3.63) is 23.8 Å². The minimum absolute atomic E-state index is 0.0120. The van der Waals surface area contributed by atoms with E-state index in [4.69, 9.17) is 19.9 Å². The van der Waals surface area contributed by atoms with Gasteiger partial charge < -0.3 is 30.0 Å². The highest BCUT2D eigenvalue weighted by atomic mass is 16.7. The molecule has 0 radical (unpaired) electrons. The van der Waals surface area contributed by atoms with Crippen molar-refractivity contribution in [2.24, 2.45) is 34.3 Å². The molecule has 9 nitrogen and oxygen atoms in total. The number of carbonyl (C=O) groups excluding carboxylic acids is 3. The van der Waals surface area contributed by atoms with Crippen LogP contribution in [0, 0.1) is 28.6 Å². The summed E-state index contributed by atoms with van der Waals surface area (Å²) in [7, 11) is 0. The molecule has 0 aromatic rings. The van der Waals surface area contributed by atoms with Gasteiger partial charge in [-0.1, -0.05) is 38.8 Å². The van der Waals surface area contributed by atoms with Crippen molar-refractivity contribution in [3.63, 3.8) is 0 Å². The number of aliphatic hydroxyl groups excluding tert-OH is 1. The molecule has 6 aliphatic rings. The normalized spacial score (nSPS) is 46.1. The second-order valence-electron chi connectivity index (χ2n) is 12.9. The number of hydrogen-bond donors (Lipinski definition) is 2. The molecule has 5 fully saturated rings. The topological polar surface area (TPSA) is 128 Å². The first-order valence-corrected chi connectivity index (χ1v) is 14.7. The third-order valence-corrected chi connectivity index (χ3v) is 11.1. The van der Waals surface area contributed by atoms with Gasteiger partial charge in [0.05, 0.1) is 18.8 Å². The van der Waals surface area contributed by atoms with Gasteiger partial charge in [-0.25, -0.2) is 0 Å². The number of Topliss-reactive ketones (excluding diaryl/α,β-unsaturated/α-hetero) is 1. The predicted octanol–water partition coefficient (Wildman–Crippen LogP) is 2.26. The minimum atomic E-state index is -1.22. The zero-order chi connectivity index (χ0) is 27.7. The lowest BCUT2D eigenvalue weighted by Gasteiger charge is -2.59. The van der Waals surface area contributed by atoms with Crippen LogP contribution in [0.1, 0.15) is 65.7 Å². The Morgan fingerprint density at radius 1 is 1.28 bits per heavy atom. The number of nitrogens with zero attached hydrogens (tertiary/aromatic N) is 1. The molecule has 10 atom stereocenters. The smallest absolute Gasteiger partial charge is 0.238 e. The Labute approximate surface area is 230 Å². The second-order valence-corrected chi connectivity index (χ2v) is 12.9. The molecule has 3 saturated carbocycles. The van der Waals surface area contributed by atoms with Crippen LogP contribution in [0.2, 0.25) is 0 Å². The van der Waals surface area contributed by atoms with E-state index in [1.165, 1.54) is 0 Å². The number of hydrogen-bond acceptors (Lipinski definition) is 8. The summed E-state index contributed by atoms with van der Waals surface area (Å²) < 4.78 is 19.1. The molecule has 2 aliphatic heterocycles. The molecule has 6 rings (SSSR count). The molecule has 4 unspecified atom stereocenters. The first-order chi connectivity index (χ1) is 18.6. The Balaban J connectivity index is 1.30. The Kier molecular flexibility index (Phi) is 6.70. The van der Waals surface area contributed by atoms with Gasteiger partial charge in [0.25, 0.3) is 0 Å². The van der Waals surface area contributed by atoms with Crippen LogP contribution >= 0.6 is 0 Å². The van der Waals surface area contributed by atoms with Gasteiger partial charge in [-0.2, -0.15) is 0 Å². The van der Waals surface area contributed by atoms with E-state index in [0.29, 0.717) is 32.2 Å². The first kappa shape index (κ1) is 27.3. The fraction of sp³-hybridized carbons (Fsp3) is 0.767. The van der Waals surface area contributed by atoms with Gasteiger partial charge in [-0.05, 0) is 56.1 Å². The average Bonchev–Trinajstić information content (AvgIpc) is 3.35. The van der Waals surface area contributed by atoms with Crippen LogP contribution in [0.4, 0.5) is 0 Å². The Bertz CT molecular complexity index is 1120. The summed E-state index contributed by atoms with van der Waals surface area (Å²) in [5, 5.41) is 11.8. The van der Waals surface area contributed by atoms with E-state index in [0.717, 1.165) is 24.8 Å². The predicted molar refractivity (Wildman–Crippen MR) is 141 cm³/mol. The number of likely N-dealkylation sites (tertiary alicyclic amines) is 1. The van der Waals surface area contributed by atoms with Gasteiger partial charge in [-0.15, -0.1) is 0 Å². The van der Waals surface area contributed by atoms with Gasteiger partial charge in [0.2, 0.25) is 5.91 Å². The number of rotatable bonds is 7. The third-order valence-electron chi connectivity index (χ3n) is 11.1. The molecular formula is C30H42N2O7. The van der Waals surface area contributed by atoms with Crippen molar-refractivity contribution in [2.45, 2.75) is 96.0 Å². The maximum absolute atomic E-state index is 14.2. The number of aliphatic hydroxyl groups is 1. The Morgan fingerprint density at radius 3 is 2.77 bits per heavy atom. The average molecular weight is 543 g/mol. The van der Waals surface area contributed by atoms with Gasteiger partial charge in [-0.3, -0.25) is 14.4 Å². The molecule has 2 saturated heterocycles. The lowest BCUT2D eigenvalue weighted by atomic mass is 9.46. The van der Waals surface area contributed by atoms with Crippen LogP contribution in [0.25, 0.3) is 0 Å². The SMILES string of the molecule is CCCC1O[C@@H]2CC3[C@@H]4CCC5=CC(=O)C=C[C@]5(C)C4[C@@H](O)C[C@]3(C)[C@]2(C(=O)COC2CCN2C(=O)CN)O1. The largest absolute Gasteiger partial charge is 0.393 e. The summed E-state index contributed by atoms with van der Waals surface area (Å²) in [5.41, 5.74) is 4.39. The molecule has 2 heterocycles. The summed E-state index contributed by atoms with van der Waals surface area (Å²) >= 11 is 0. The number of allylic oxidation sites excluding steroid dienone is 4. The summed E-state index contributed by atoms with van der Waals surface area (Å²) in [4.78, 5) is 40.0. The van der Waals surface area contributed by atoms with Crippen molar-refractivity contribution < 1.29 is 33.7 Å². The Morgan fingerprint density at radius 2 is 2.08 bits per heavy atom. The fourth-order valence-electron chi connectivity index (χ4n) is 9.22. The highest BCUT2D eigenvalue weighted by molar-refractivity contribution is 6.01. The summed E-state index contributed by atoms with van der Waals surface area (Å²) in [5.74, 6) is -0.107. The molecule has 0 aromatic carbocycles.